The van der Waals surface area contributed by atoms with Crippen molar-refractivity contribution in [1.82, 2.24) is 5.32 Å². The smallest absolute Gasteiger partial charge is 0.319 e. The zero-order chi connectivity index (χ0) is 11.9. The second-order valence-electron chi connectivity index (χ2n) is 5.37. The van der Waals surface area contributed by atoms with E-state index < -0.39 is 0 Å². The van der Waals surface area contributed by atoms with E-state index in [1.165, 1.54) is 5.56 Å². The molecule has 1 aromatic rings. The molecule has 2 rings (SSSR count). The van der Waals surface area contributed by atoms with Crippen molar-refractivity contribution in [2.45, 2.75) is 39.2 Å². The third kappa shape index (κ3) is 1.90. The number of carbonyl (C=O) groups excluding carboxylic acids is 1. The summed E-state index contributed by atoms with van der Waals surface area (Å²) < 4.78 is 0. The van der Waals surface area contributed by atoms with Gasteiger partial charge in [0.25, 0.3) is 0 Å². The Hall–Kier alpha value is -1.51. The fraction of sp³-hybridized carbons (Fsp3) is 0.462. The Morgan fingerprint density at radius 3 is 2.56 bits per heavy atom. The number of rotatable bonds is 0. The Balaban J connectivity index is 2.46. The van der Waals surface area contributed by atoms with Gasteiger partial charge in [-0.05, 0) is 29.5 Å². The maximum absolute atomic E-state index is 11.4. The Morgan fingerprint density at radius 1 is 1.25 bits per heavy atom. The zero-order valence-corrected chi connectivity index (χ0v) is 10.2. The first kappa shape index (κ1) is 11.0. The molecule has 2 N–H and O–H groups in total. The van der Waals surface area contributed by atoms with E-state index in [2.05, 4.69) is 49.6 Å². The van der Waals surface area contributed by atoms with Crippen molar-refractivity contribution in [3.8, 4) is 0 Å². The van der Waals surface area contributed by atoms with E-state index >= 15 is 0 Å². The Kier molecular flexibility index (Phi) is 2.41. The van der Waals surface area contributed by atoms with Gasteiger partial charge in [-0.1, -0.05) is 32.9 Å². The number of benzene rings is 1. The average Bonchev–Trinajstić information content (AvgIpc) is 2.15. The summed E-state index contributed by atoms with van der Waals surface area (Å²) in [5.74, 6) is 0. The van der Waals surface area contributed by atoms with Gasteiger partial charge in [0.1, 0.15) is 0 Å². The van der Waals surface area contributed by atoms with Crippen LogP contribution in [-0.4, -0.2) is 6.03 Å². The van der Waals surface area contributed by atoms with Crippen LogP contribution in [0.4, 0.5) is 10.5 Å². The molecular weight excluding hydrogens is 200 g/mol. The fourth-order valence-electron chi connectivity index (χ4n) is 1.94. The Bertz CT molecular complexity index is 432. The first-order valence-electron chi connectivity index (χ1n) is 5.60. The topological polar surface area (TPSA) is 41.1 Å². The van der Waals surface area contributed by atoms with Crippen LogP contribution >= 0.6 is 0 Å². The highest BCUT2D eigenvalue weighted by Gasteiger charge is 2.22. The van der Waals surface area contributed by atoms with E-state index in [0.717, 1.165) is 11.3 Å². The molecule has 1 aromatic carbocycles. The lowest BCUT2D eigenvalue weighted by Crippen LogP contribution is -2.36. The molecule has 0 aromatic heterocycles. The first-order valence-corrected chi connectivity index (χ1v) is 5.60. The van der Waals surface area contributed by atoms with Crippen LogP contribution in [-0.2, 0) is 5.41 Å². The van der Waals surface area contributed by atoms with Crippen molar-refractivity contribution in [2.75, 3.05) is 5.32 Å². The van der Waals surface area contributed by atoms with Gasteiger partial charge >= 0.3 is 6.03 Å². The van der Waals surface area contributed by atoms with Crippen molar-refractivity contribution in [1.29, 1.82) is 0 Å². The molecular formula is C13H18N2O. The van der Waals surface area contributed by atoms with Crippen molar-refractivity contribution >= 4 is 11.7 Å². The fourth-order valence-corrected chi connectivity index (χ4v) is 1.94. The lowest BCUT2D eigenvalue weighted by molar-refractivity contribution is 0.248. The van der Waals surface area contributed by atoms with Gasteiger partial charge in [-0.2, -0.15) is 0 Å². The summed E-state index contributed by atoms with van der Waals surface area (Å²) in [4.78, 5) is 11.4. The molecule has 2 amide bonds. The van der Waals surface area contributed by atoms with E-state index in [1.54, 1.807) is 0 Å². The van der Waals surface area contributed by atoms with Gasteiger partial charge < -0.3 is 10.6 Å². The molecule has 0 saturated carbocycles. The normalized spacial score (nSPS) is 19.8. The lowest BCUT2D eigenvalue weighted by atomic mass is 9.85. The third-order valence-corrected chi connectivity index (χ3v) is 2.98. The van der Waals surface area contributed by atoms with Crippen LogP contribution in [0.5, 0.6) is 0 Å². The van der Waals surface area contributed by atoms with E-state index in [1.807, 2.05) is 6.92 Å². The van der Waals surface area contributed by atoms with Crippen LogP contribution < -0.4 is 10.6 Å². The molecule has 0 bridgehead atoms. The highest BCUT2D eigenvalue weighted by atomic mass is 16.2. The van der Waals surface area contributed by atoms with Gasteiger partial charge in [-0.15, -0.1) is 0 Å². The van der Waals surface area contributed by atoms with Gasteiger partial charge in [0, 0.05) is 5.69 Å². The van der Waals surface area contributed by atoms with Crippen LogP contribution in [0.25, 0.3) is 0 Å². The molecule has 1 atom stereocenters. The van der Waals surface area contributed by atoms with Gasteiger partial charge in [0.15, 0.2) is 0 Å². The molecule has 1 unspecified atom stereocenters. The monoisotopic (exact) mass is 218 g/mol. The number of hydrogen-bond acceptors (Lipinski definition) is 1. The molecule has 0 aliphatic carbocycles. The van der Waals surface area contributed by atoms with Crippen molar-refractivity contribution < 1.29 is 4.79 Å². The van der Waals surface area contributed by atoms with Crippen molar-refractivity contribution in [2.24, 2.45) is 0 Å². The molecule has 1 heterocycles. The van der Waals surface area contributed by atoms with Gasteiger partial charge in [-0.25, -0.2) is 4.79 Å². The number of amides is 2. The summed E-state index contributed by atoms with van der Waals surface area (Å²) in [6.45, 7) is 8.50. The Labute approximate surface area is 96.2 Å². The predicted octanol–water partition coefficient (Wildman–Crippen LogP) is 3.18. The number of fused-ring (bicyclic) bond motifs is 1. The van der Waals surface area contributed by atoms with E-state index in [9.17, 15) is 4.79 Å². The summed E-state index contributed by atoms with van der Waals surface area (Å²) in [5, 5.41) is 5.70. The average molecular weight is 218 g/mol. The van der Waals surface area contributed by atoms with Crippen molar-refractivity contribution in [3.63, 3.8) is 0 Å². The molecule has 16 heavy (non-hydrogen) atoms. The molecule has 0 spiro atoms. The Morgan fingerprint density at radius 2 is 1.94 bits per heavy atom. The highest BCUT2D eigenvalue weighted by Crippen LogP contribution is 2.31. The van der Waals surface area contributed by atoms with Crippen LogP contribution in [0.1, 0.15) is 44.9 Å². The number of urea groups is 1. The van der Waals surface area contributed by atoms with Crippen LogP contribution in [0.3, 0.4) is 0 Å². The van der Waals surface area contributed by atoms with E-state index in [0.29, 0.717) is 0 Å². The minimum absolute atomic E-state index is 0.0813. The number of hydrogen-bond donors (Lipinski definition) is 2. The van der Waals surface area contributed by atoms with Crippen LogP contribution in [0, 0.1) is 0 Å². The number of carbonyl (C=O) groups is 1. The van der Waals surface area contributed by atoms with Gasteiger partial charge in [0.05, 0.1) is 6.04 Å². The lowest BCUT2D eigenvalue weighted by Gasteiger charge is -2.27. The SMILES string of the molecule is CC1NC(=O)Nc2cc(C(C)(C)C)ccc21. The summed E-state index contributed by atoms with van der Waals surface area (Å²) in [6, 6.07) is 6.26. The maximum atomic E-state index is 11.4. The minimum Gasteiger partial charge on any atom is -0.331 e. The van der Waals surface area contributed by atoms with Gasteiger partial charge in [-0.3, -0.25) is 0 Å². The molecule has 0 radical (unpaired) electrons. The van der Waals surface area contributed by atoms with Crippen molar-refractivity contribution in [3.05, 3.63) is 29.3 Å². The van der Waals surface area contributed by atoms with Gasteiger partial charge in [0.2, 0.25) is 0 Å². The second-order valence-corrected chi connectivity index (χ2v) is 5.37. The quantitative estimate of drug-likeness (QED) is 0.690. The molecule has 3 nitrogen and oxygen atoms in total. The van der Waals surface area contributed by atoms with Crippen LogP contribution in [0.2, 0.25) is 0 Å². The first-order chi connectivity index (χ1) is 7.38. The zero-order valence-electron chi connectivity index (χ0n) is 10.2. The highest BCUT2D eigenvalue weighted by molar-refractivity contribution is 5.93. The summed E-state index contributed by atoms with van der Waals surface area (Å²) >= 11 is 0. The predicted molar refractivity (Wildman–Crippen MR) is 65.7 cm³/mol. The summed E-state index contributed by atoms with van der Waals surface area (Å²) in [7, 11) is 0. The van der Waals surface area contributed by atoms with E-state index in [4.69, 9.17) is 0 Å². The second kappa shape index (κ2) is 3.51. The molecule has 3 heteroatoms. The molecule has 0 saturated heterocycles. The largest absolute Gasteiger partial charge is 0.331 e. The summed E-state index contributed by atoms with van der Waals surface area (Å²) in [6.07, 6.45) is 0. The maximum Gasteiger partial charge on any atom is 0.319 e. The minimum atomic E-state index is -0.119. The molecule has 1 aliphatic heterocycles. The summed E-state index contributed by atoms with van der Waals surface area (Å²) in [5.41, 5.74) is 3.42. The third-order valence-electron chi connectivity index (χ3n) is 2.98. The van der Waals surface area contributed by atoms with Crippen LogP contribution in [0.15, 0.2) is 18.2 Å². The number of anilines is 1. The molecule has 86 valence electrons. The molecule has 1 aliphatic rings. The standard InChI is InChI=1S/C13H18N2O/c1-8-10-6-5-9(13(2,3)4)7-11(10)15-12(16)14-8/h5-8H,1-4H3,(H2,14,15,16). The number of nitrogens with one attached hydrogen (secondary N) is 2. The molecule has 0 fully saturated rings. The van der Waals surface area contributed by atoms with E-state index in [-0.39, 0.29) is 17.5 Å².